The summed E-state index contributed by atoms with van der Waals surface area (Å²) in [6.07, 6.45) is 4.25. The molecule has 2 rings (SSSR count). The Balaban J connectivity index is 1.82. The topological polar surface area (TPSA) is 59.6 Å². The predicted molar refractivity (Wildman–Crippen MR) is 87.3 cm³/mol. The Hall–Kier alpha value is -1.82. The molecule has 1 fully saturated rings. The van der Waals surface area contributed by atoms with E-state index < -0.39 is 5.82 Å². The van der Waals surface area contributed by atoms with Crippen molar-refractivity contribution in [3.63, 3.8) is 0 Å². The molecule has 0 radical (unpaired) electrons. The number of rotatable bonds is 6. The number of anilines is 1. The third-order valence-corrected chi connectivity index (χ3v) is 4.09. The predicted octanol–water partition coefficient (Wildman–Crippen LogP) is 3.55. The van der Waals surface area contributed by atoms with Crippen molar-refractivity contribution in [3.05, 3.63) is 24.0 Å². The molecule has 0 aliphatic heterocycles. The monoisotopic (exact) mass is 324 g/mol. The van der Waals surface area contributed by atoms with Crippen molar-refractivity contribution in [2.75, 3.05) is 25.6 Å². The van der Waals surface area contributed by atoms with E-state index in [4.69, 9.17) is 9.47 Å². The molecule has 0 spiro atoms. The van der Waals surface area contributed by atoms with Gasteiger partial charge in [0.05, 0.1) is 6.61 Å². The van der Waals surface area contributed by atoms with Crippen LogP contribution < -0.4 is 15.4 Å². The first-order valence-corrected chi connectivity index (χ1v) is 8.07. The summed E-state index contributed by atoms with van der Waals surface area (Å²) in [5, 5.41) is 5.61. The van der Waals surface area contributed by atoms with Gasteiger partial charge in [0.1, 0.15) is 6.61 Å². The van der Waals surface area contributed by atoms with Crippen LogP contribution in [-0.4, -0.2) is 32.4 Å². The van der Waals surface area contributed by atoms with Gasteiger partial charge in [-0.05, 0) is 43.7 Å². The molecule has 0 bridgehead atoms. The van der Waals surface area contributed by atoms with E-state index in [-0.39, 0.29) is 24.4 Å². The van der Waals surface area contributed by atoms with E-state index in [1.54, 1.807) is 13.2 Å². The summed E-state index contributed by atoms with van der Waals surface area (Å²) in [7, 11) is 1.55. The molecule has 0 heterocycles. The molecule has 0 saturated heterocycles. The fraction of sp³-hybridized carbons (Fsp3) is 0.588. The Morgan fingerprint density at radius 1 is 1.26 bits per heavy atom. The standard InChI is InChI=1S/C17H25FN2O3/c1-12-3-5-13(6-4-12)19-17(21)20-14-7-8-16(15(18)11-14)23-10-9-22-2/h7-8,11-13H,3-6,9-10H2,1-2H3,(H2,19,20,21). The maximum Gasteiger partial charge on any atom is 0.319 e. The van der Waals surface area contributed by atoms with Gasteiger partial charge in [-0.1, -0.05) is 6.92 Å². The number of amides is 2. The number of halogens is 1. The summed E-state index contributed by atoms with van der Waals surface area (Å²) in [6.45, 7) is 2.90. The van der Waals surface area contributed by atoms with Crippen molar-refractivity contribution in [2.24, 2.45) is 5.92 Å². The van der Waals surface area contributed by atoms with Gasteiger partial charge in [-0.15, -0.1) is 0 Å². The maximum absolute atomic E-state index is 13.9. The highest BCUT2D eigenvalue weighted by Crippen LogP contribution is 2.24. The third kappa shape index (κ3) is 5.71. The SMILES string of the molecule is COCCOc1ccc(NC(=O)NC2CCC(C)CC2)cc1F. The summed E-state index contributed by atoms with van der Waals surface area (Å²) in [5.74, 6) is 0.371. The minimum absolute atomic E-state index is 0.147. The Kier molecular flexibility index (Phi) is 6.65. The average molecular weight is 324 g/mol. The second kappa shape index (κ2) is 8.72. The number of hydrogen-bond acceptors (Lipinski definition) is 3. The molecule has 0 unspecified atom stereocenters. The number of urea groups is 1. The van der Waals surface area contributed by atoms with Gasteiger partial charge in [-0.2, -0.15) is 0 Å². The van der Waals surface area contributed by atoms with Crippen LogP contribution in [0.3, 0.4) is 0 Å². The van der Waals surface area contributed by atoms with Crippen LogP contribution in [0.4, 0.5) is 14.9 Å². The minimum atomic E-state index is -0.509. The summed E-state index contributed by atoms with van der Waals surface area (Å²) >= 11 is 0. The molecule has 1 aromatic carbocycles. The van der Waals surface area contributed by atoms with Gasteiger partial charge in [0.15, 0.2) is 11.6 Å². The van der Waals surface area contributed by atoms with Crippen molar-refractivity contribution in [3.8, 4) is 5.75 Å². The Labute approximate surface area is 136 Å². The first kappa shape index (κ1) is 17.5. The number of nitrogens with one attached hydrogen (secondary N) is 2. The maximum atomic E-state index is 13.9. The van der Waals surface area contributed by atoms with E-state index in [9.17, 15) is 9.18 Å². The number of hydrogen-bond donors (Lipinski definition) is 2. The molecular formula is C17H25FN2O3. The Bertz CT molecular complexity index is 517. The number of benzene rings is 1. The van der Waals surface area contributed by atoms with E-state index in [0.717, 1.165) is 31.6 Å². The normalized spacial score (nSPS) is 20.8. The van der Waals surface area contributed by atoms with E-state index in [1.165, 1.54) is 12.1 Å². The lowest BCUT2D eigenvalue weighted by Gasteiger charge is -2.26. The highest BCUT2D eigenvalue weighted by Gasteiger charge is 2.19. The molecule has 0 atom stereocenters. The molecule has 2 N–H and O–H groups in total. The van der Waals surface area contributed by atoms with E-state index in [0.29, 0.717) is 12.3 Å². The van der Waals surface area contributed by atoms with Gasteiger partial charge in [-0.25, -0.2) is 9.18 Å². The van der Waals surface area contributed by atoms with E-state index >= 15 is 0 Å². The van der Waals surface area contributed by atoms with Crippen LogP contribution in [0.15, 0.2) is 18.2 Å². The number of ether oxygens (including phenoxy) is 2. The van der Waals surface area contributed by atoms with Crippen molar-refractivity contribution in [1.29, 1.82) is 0 Å². The molecule has 23 heavy (non-hydrogen) atoms. The number of methoxy groups -OCH3 is 1. The van der Waals surface area contributed by atoms with Crippen LogP contribution in [-0.2, 0) is 4.74 Å². The van der Waals surface area contributed by atoms with Crippen LogP contribution in [0.5, 0.6) is 5.75 Å². The lowest BCUT2D eigenvalue weighted by Crippen LogP contribution is -2.39. The molecule has 6 heteroatoms. The van der Waals surface area contributed by atoms with Crippen molar-refractivity contribution in [2.45, 2.75) is 38.6 Å². The number of carbonyl (C=O) groups is 1. The van der Waals surface area contributed by atoms with E-state index in [2.05, 4.69) is 17.6 Å². The molecule has 5 nitrogen and oxygen atoms in total. The summed E-state index contributed by atoms with van der Waals surface area (Å²) in [4.78, 5) is 12.0. The van der Waals surface area contributed by atoms with Crippen LogP contribution in [0, 0.1) is 11.7 Å². The van der Waals surface area contributed by atoms with Gasteiger partial charge in [0.25, 0.3) is 0 Å². The second-order valence-corrected chi connectivity index (χ2v) is 6.04. The van der Waals surface area contributed by atoms with Crippen LogP contribution in [0.2, 0.25) is 0 Å². The largest absolute Gasteiger partial charge is 0.488 e. The number of carbonyl (C=O) groups excluding carboxylic acids is 1. The molecule has 1 aromatic rings. The van der Waals surface area contributed by atoms with Crippen molar-refractivity contribution in [1.82, 2.24) is 5.32 Å². The molecule has 1 saturated carbocycles. The highest BCUT2D eigenvalue weighted by atomic mass is 19.1. The first-order chi connectivity index (χ1) is 11.1. The lowest BCUT2D eigenvalue weighted by molar-refractivity contribution is 0.144. The second-order valence-electron chi connectivity index (χ2n) is 6.04. The van der Waals surface area contributed by atoms with Gasteiger partial charge >= 0.3 is 6.03 Å². The van der Waals surface area contributed by atoms with Gasteiger partial charge < -0.3 is 20.1 Å². The molecule has 128 valence electrons. The van der Waals surface area contributed by atoms with Crippen molar-refractivity contribution < 1.29 is 18.7 Å². The molecular weight excluding hydrogens is 299 g/mol. The third-order valence-electron chi connectivity index (χ3n) is 4.09. The van der Waals surface area contributed by atoms with Gasteiger partial charge in [0, 0.05) is 24.9 Å². The van der Waals surface area contributed by atoms with Gasteiger partial charge in [0.2, 0.25) is 0 Å². The summed E-state index contributed by atoms with van der Waals surface area (Å²) < 4.78 is 24.0. The van der Waals surface area contributed by atoms with Crippen LogP contribution in [0.1, 0.15) is 32.6 Å². The highest BCUT2D eigenvalue weighted by molar-refractivity contribution is 5.89. The fourth-order valence-electron chi connectivity index (χ4n) is 2.69. The summed E-state index contributed by atoms with van der Waals surface area (Å²) in [6, 6.07) is 4.28. The molecule has 2 amide bonds. The average Bonchev–Trinajstić information content (AvgIpc) is 2.52. The smallest absolute Gasteiger partial charge is 0.319 e. The Morgan fingerprint density at radius 2 is 2.00 bits per heavy atom. The van der Waals surface area contributed by atoms with Crippen LogP contribution >= 0.6 is 0 Å². The zero-order valence-corrected chi connectivity index (χ0v) is 13.7. The first-order valence-electron chi connectivity index (χ1n) is 8.07. The van der Waals surface area contributed by atoms with Gasteiger partial charge in [-0.3, -0.25) is 0 Å². The molecule has 1 aliphatic rings. The van der Waals surface area contributed by atoms with Crippen LogP contribution in [0.25, 0.3) is 0 Å². The zero-order valence-electron chi connectivity index (χ0n) is 13.7. The van der Waals surface area contributed by atoms with Crippen molar-refractivity contribution >= 4 is 11.7 Å². The minimum Gasteiger partial charge on any atom is -0.488 e. The fourth-order valence-corrected chi connectivity index (χ4v) is 2.69. The van der Waals surface area contributed by atoms with E-state index in [1.807, 2.05) is 0 Å². The lowest BCUT2D eigenvalue weighted by atomic mass is 9.87. The summed E-state index contributed by atoms with van der Waals surface area (Å²) in [5.41, 5.74) is 0.406. The Morgan fingerprint density at radius 3 is 2.65 bits per heavy atom. The molecule has 1 aliphatic carbocycles. The molecule has 0 aromatic heterocycles. The zero-order chi connectivity index (χ0) is 16.7. The quantitative estimate of drug-likeness (QED) is 0.787.